The number of carbonyl (C=O) groups excluding carboxylic acids is 2. The lowest BCUT2D eigenvalue weighted by molar-refractivity contribution is -0.141. The Hall–Kier alpha value is -2.56. The summed E-state index contributed by atoms with van der Waals surface area (Å²) in [5.74, 6) is 0.683. The second kappa shape index (κ2) is 7.99. The number of carbonyl (C=O) groups is 2. The number of nitrogens with zero attached hydrogens (tertiary/aromatic N) is 3. The van der Waals surface area contributed by atoms with Crippen LogP contribution >= 0.6 is 0 Å². The molecule has 0 radical (unpaired) electrons. The lowest BCUT2D eigenvalue weighted by atomic mass is 10.1. The van der Waals surface area contributed by atoms with Crippen molar-refractivity contribution in [1.82, 2.24) is 14.4 Å². The topological polar surface area (TPSA) is 45.6 Å². The fourth-order valence-corrected chi connectivity index (χ4v) is 4.19. The van der Waals surface area contributed by atoms with Gasteiger partial charge in [-0.25, -0.2) is 0 Å². The van der Waals surface area contributed by atoms with Crippen LogP contribution in [-0.4, -0.2) is 52.4 Å². The molecule has 0 N–H and O–H groups in total. The second-order valence-corrected chi connectivity index (χ2v) is 7.62. The van der Waals surface area contributed by atoms with Crippen LogP contribution in [0, 0.1) is 5.92 Å². The highest BCUT2D eigenvalue weighted by Gasteiger charge is 2.30. The maximum Gasteiger partial charge on any atom is 0.227 e. The van der Waals surface area contributed by atoms with Crippen LogP contribution in [0.3, 0.4) is 0 Å². The molecule has 27 heavy (non-hydrogen) atoms. The van der Waals surface area contributed by atoms with Crippen molar-refractivity contribution in [3.05, 3.63) is 54.4 Å². The Kier molecular flexibility index (Phi) is 5.28. The van der Waals surface area contributed by atoms with Crippen LogP contribution in [0.25, 0.3) is 5.69 Å². The number of benzene rings is 1. The third kappa shape index (κ3) is 4.07. The quantitative estimate of drug-likeness (QED) is 0.836. The summed E-state index contributed by atoms with van der Waals surface area (Å²) in [6, 6.07) is 12.1. The highest BCUT2D eigenvalue weighted by atomic mass is 16.2. The Labute approximate surface area is 160 Å². The summed E-state index contributed by atoms with van der Waals surface area (Å²) in [6.45, 7) is 2.65. The molecule has 0 bridgehead atoms. The van der Waals surface area contributed by atoms with Crippen molar-refractivity contribution in [2.75, 3.05) is 26.2 Å². The molecular weight excluding hydrogens is 338 g/mol. The van der Waals surface area contributed by atoms with Gasteiger partial charge in [0.25, 0.3) is 0 Å². The summed E-state index contributed by atoms with van der Waals surface area (Å²) in [6.07, 6.45) is 8.87. The third-order valence-corrected chi connectivity index (χ3v) is 5.84. The van der Waals surface area contributed by atoms with Crippen LogP contribution in [0.4, 0.5) is 0 Å². The van der Waals surface area contributed by atoms with Gasteiger partial charge in [0.05, 0.1) is 6.42 Å². The zero-order valence-electron chi connectivity index (χ0n) is 15.7. The molecule has 1 aromatic heterocycles. The zero-order valence-corrected chi connectivity index (χ0v) is 15.7. The number of piperazine rings is 1. The normalized spacial score (nSPS) is 18.1. The Bertz CT molecular complexity index is 768. The number of hydrogen-bond donors (Lipinski definition) is 0. The van der Waals surface area contributed by atoms with Gasteiger partial charge < -0.3 is 14.4 Å². The Morgan fingerprint density at radius 1 is 0.852 bits per heavy atom. The summed E-state index contributed by atoms with van der Waals surface area (Å²) in [7, 11) is 0. The van der Waals surface area contributed by atoms with Gasteiger partial charge in [0.1, 0.15) is 0 Å². The van der Waals surface area contributed by atoms with E-state index in [1.54, 1.807) is 0 Å². The van der Waals surface area contributed by atoms with Crippen LogP contribution in [0.2, 0.25) is 0 Å². The Morgan fingerprint density at radius 3 is 2.07 bits per heavy atom. The summed E-state index contributed by atoms with van der Waals surface area (Å²) in [4.78, 5) is 29.0. The summed E-state index contributed by atoms with van der Waals surface area (Å²) in [5.41, 5.74) is 2.12. The average Bonchev–Trinajstić information content (AvgIpc) is 3.42. The first-order valence-electron chi connectivity index (χ1n) is 9.99. The molecule has 142 valence electrons. The number of rotatable bonds is 4. The van der Waals surface area contributed by atoms with E-state index in [1.807, 2.05) is 63.2 Å². The Morgan fingerprint density at radius 2 is 1.44 bits per heavy atom. The molecule has 2 aromatic rings. The minimum atomic E-state index is 0.150. The van der Waals surface area contributed by atoms with Crippen molar-refractivity contribution < 1.29 is 9.59 Å². The molecule has 1 aliphatic carbocycles. The third-order valence-electron chi connectivity index (χ3n) is 5.84. The molecule has 1 saturated heterocycles. The lowest BCUT2D eigenvalue weighted by Crippen LogP contribution is -2.52. The van der Waals surface area contributed by atoms with Crippen molar-refractivity contribution in [3.8, 4) is 5.69 Å². The van der Waals surface area contributed by atoms with Crippen molar-refractivity contribution >= 4 is 11.8 Å². The second-order valence-electron chi connectivity index (χ2n) is 7.62. The van der Waals surface area contributed by atoms with Crippen LogP contribution in [0.5, 0.6) is 0 Å². The molecule has 1 saturated carbocycles. The van der Waals surface area contributed by atoms with Gasteiger partial charge in [-0.1, -0.05) is 25.0 Å². The molecule has 5 heteroatoms. The molecule has 0 spiro atoms. The molecule has 4 rings (SSSR count). The van der Waals surface area contributed by atoms with Gasteiger partial charge in [0, 0.05) is 50.2 Å². The summed E-state index contributed by atoms with van der Waals surface area (Å²) in [5, 5.41) is 0. The van der Waals surface area contributed by atoms with Gasteiger partial charge in [0.15, 0.2) is 0 Å². The first-order valence-corrected chi connectivity index (χ1v) is 9.99. The van der Waals surface area contributed by atoms with Gasteiger partial charge in [-0.15, -0.1) is 0 Å². The average molecular weight is 365 g/mol. The summed E-state index contributed by atoms with van der Waals surface area (Å²) >= 11 is 0. The first kappa shape index (κ1) is 17.8. The van der Waals surface area contributed by atoms with E-state index in [0.717, 1.165) is 24.1 Å². The van der Waals surface area contributed by atoms with Crippen LogP contribution in [0.1, 0.15) is 31.2 Å². The molecular formula is C22H27N3O2. The van der Waals surface area contributed by atoms with Crippen LogP contribution in [0.15, 0.2) is 48.8 Å². The highest BCUT2D eigenvalue weighted by Crippen LogP contribution is 2.27. The smallest absolute Gasteiger partial charge is 0.227 e. The summed E-state index contributed by atoms with van der Waals surface area (Å²) < 4.78 is 2.05. The van der Waals surface area contributed by atoms with Gasteiger partial charge in [0.2, 0.25) is 11.8 Å². The van der Waals surface area contributed by atoms with E-state index in [-0.39, 0.29) is 11.8 Å². The fraction of sp³-hybridized carbons (Fsp3) is 0.455. The minimum Gasteiger partial charge on any atom is -0.339 e. The molecule has 1 aliphatic heterocycles. The maximum atomic E-state index is 12.6. The van der Waals surface area contributed by atoms with Crippen LogP contribution in [-0.2, 0) is 16.0 Å². The van der Waals surface area contributed by atoms with Gasteiger partial charge in [-0.05, 0) is 42.7 Å². The van der Waals surface area contributed by atoms with Gasteiger partial charge >= 0.3 is 0 Å². The molecule has 2 aliphatic rings. The minimum absolute atomic E-state index is 0.150. The van der Waals surface area contributed by atoms with Crippen molar-refractivity contribution in [2.24, 2.45) is 5.92 Å². The standard InChI is InChI=1S/C22H27N3O2/c26-21(17-18-7-9-20(10-8-18)23-11-3-4-12-23)24-13-15-25(16-14-24)22(27)19-5-1-2-6-19/h3-4,7-12,19H,1-2,5-6,13-17H2. The number of amides is 2. The predicted molar refractivity (Wildman–Crippen MR) is 105 cm³/mol. The largest absolute Gasteiger partial charge is 0.339 e. The molecule has 2 fully saturated rings. The zero-order chi connectivity index (χ0) is 18.6. The van der Waals surface area contributed by atoms with Gasteiger partial charge in [-0.2, -0.15) is 0 Å². The van der Waals surface area contributed by atoms with E-state index in [1.165, 1.54) is 12.8 Å². The van der Waals surface area contributed by atoms with E-state index < -0.39 is 0 Å². The molecule has 5 nitrogen and oxygen atoms in total. The maximum absolute atomic E-state index is 12.6. The van der Waals surface area contributed by atoms with E-state index in [4.69, 9.17) is 0 Å². The molecule has 2 amide bonds. The number of aromatic nitrogens is 1. The van der Waals surface area contributed by atoms with E-state index in [0.29, 0.717) is 38.5 Å². The molecule has 0 unspecified atom stereocenters. The van der Waals surface area contributed by atoms with E-state index in [9.17, 15) is 9.59 Å². The van der Waals surface area contributed by atoms with Crippen molar-refractivity contribution in [2.45, 2.75) is 32.1 Å². The lowest BCUT2D eigenvalue weighted by Gasteiger charge is -2.36. The first-order chi connectivity index (χ1) is 13.2. The Balaban J connectivity index is 1.28. The number of hydrogen-bond acceptors (Lipinski definition) is 2. The van der Waals surface area contributed by atoms with E-state index >= 15 is 0 Å². The SMILES string of the molecule is O=C(Cc1ccc(-n2cccc2)cc1)N1CCN(C(=O)C2CCCC2)CC1. The van der Waals surface area contributed by atoms with Crippen molar-refractivity contribution in [3.63, 3.8) is 0 Å². The highest BCUT2D eigenvalue weighted by molar-refractivity contribution is 5.81. The predicted octanol–water partition coefficient (Wildman–Crippen LogP) is 2.88. The fourth-order valence-electron chi connectivity index (χ4n) is 4.19. The van der Waals surface area contributed by atoms with E-state index in [2.05, 4.69) is 0 Å². The molecule has 2 heterocycles. The van der Waals surface area contributed by atoms with Gasteiger partial charge in [-0.3, -0.25) is 9.59 Å². The monoisotopic (exact) mass is 365 g/mol. The molecule has 0 atom stereocenters. The van der Waals surface area contributed by atoms with Crippen LogP contribution < -0.4 is 0 Å². The van der Waals surface area contributed by atoms with Crippen molar-refractivity contribution in [1.29, 1.82) is 0 Å². The molecule has 1 aromatic carbocycles.